The summed E-state index contributed by atoms with van der Waals surface area (Å²) in [6.45, 7) is 7.61. The van der Waals surface area contributed by atoms with Crippen LogP contribution >= 0.6 is 0 Å². The van der Waals surface area contributed by atoms with Gasteiger partial charge in [0.05, 0.1) is 12.5 Å². The van der Waals surface area contributed by atoms with Crippen molar-refractivity contribution < 1.29 is 34.2 Å². The van der Waals surface area contributed by atoms with Crippen molar-refractivity contribution in [2.75, 3.05) is 6.54 Å². The molecule has 3 amide bonds. The van der Waals surface area contributed by atoms with E-state index in [2.05, 4.69) is 16.0 Å². The number of nitrogens with two attached hydrogens (primary N) is 2. The van der Waals surface area contributed by atoms with Crippen molar-refractivity contribution in [1.82, 2.24) is 16.0 Å². The average Bonchev–Trinajstić information content (AvgIpc) is 2.75. The zero-order valence-corrected chi connectivity index (χ0v) is 20.5. The zero-order valence-electron chi connectivity index (χ0n) is 20.5. The molecule has 12 heteroatoms. The Balaban J connectivity index is 5.51. The highest BCUT2D eigenvalue weighted by Gasteiger charge is 2.32. The Bertz CT molecular complexity index is 701. The first-order chi connectivity index (χ1) is 15.8. The van der Waals surface area contributed by atoms with Crippen molar-refractivity contribution in [2.45, 2.75) is 90.4 Å². The first kappa shape index (κ1) is 31.3. The molecule has 0 radical (unpaired) electrons. The molecule has 0 aromatic carbocycles. The minimum Gasteiger partial charge on any atom is -0.481 e. The maximum absolute atomic E-state index is 12.9. The third kappa shape index (κ3) is 11.9. The van der Waals surface area contributed by atoms with Gasteiger partial charge in [0.1, 0.15) is 18.1 Å². The van der Waals surface area contributed by atoms with Gasteiger partial charge in [-0.05, 0) is 44.1 Å². The minimum absolute atomic E-state index is 0.0529. The summed E-state index contributed by atoms with van der Waals surface area (Å²) in [4.78, 5) is 60.9. The quantitative estimate of drug-likeness (QED) is 0.132. The van der Waals surface area contributed by atoms with Crippen LogP contribution in [-0.2, 0) is 24.0 Å². The molecule has 5 unspecified atom stereocenters. The molecule has 0 aliphatic heterocycles. The summed E-state index contributed by atoms with van der Waals surface area (Å²) >= 11 is 0. The van der Waals surface area contributed by atoms with Gasteiger partial charge in [-0.15, -0.1) is 0 Å². The molecule has 0 fully saturated rings. The fraction of sp³-hybridized carbons (Fsp3) is 0.773. The van der Waals surface area contributed by atoms with Crippen LogP contribution in [0.1, 0.15) is 66.2 Å². The Morgan fingerprint density at radius 1 is 0.824 bits per heavy atom. The number of unbranched alkanes of at least 4 members (excludes halogenated alkanes) is 1. The molecule has 5 atom stereocenters. The maximum Gasteiger partial charge on any atom is 0.326 e. The number of carbonyl (C=O) groups is 5. The van der Waals surface area contributed by atoms with E-state index in [4.69, 9.17) is 11.5 Å². The second kappa shape index (κ2) is 16.0. The molecule has 0 aromatic heterocycles. The molecule has 0 bridgehead atoms. The van der Waals surface area contributed by atoms with E-state index in [0.717, 1.165) is 0 Å². The van der Waals surface area contributed by atoms with Crippen LogP contribution in [-0.4, -0.2) is 70.6 Å². The fourth-order valence-corrected chi connectivity index (χ4v) is 3.16. The summed E-state index contributed by atoms with van der Waals surface area (Å²) in [5, 5.41) is 25.9. The lowest BCUT2D eigenvalue weighted by atomic mass is 9.98. The number of rotatable bonds is 17. The SMILES string of the molecule is CCC(C)C(N)C(=O)NC(CC(=O)O)C(=O)NC(CC(C)C)C(=O)NC(CCCCN)C(=O)O. The van der Waals surface area contributed by atoms with Crippen molar-refractivity contribution in [2.24, 2.45) is 23.3 Å². The van der Waals surface area contributed by atoms with E-state index in [1.165, 1.54) is 0 Å². The lowest BCUT2D eigenvalue weighted by Crippen LogP contribution is -2.58. The first-order valence-corrected chi connectivity index (χ1v) is 11.6. The number of hydrogen-bond donors (Lipinski definition) is 7. The van der Waals surface area contributed by atoms with Crippen LogP contribution in [0.5, 0.6) is 0 Å². The van der Waals surface area contributed by atoms with Crippen LogP contribution in [0.25, 0.3) is 0 Å². The maximum atomic E-state index is 12.9. The van der Waals surface area contributed by atoms with E-state index >= 15 is 0 Å². The Morgan fingerprint density at radius 3 is 1.82 bits per heavy atom. The van der Waals surface area contributed by atoms with E-state index in [1.807, 2.05) is 20.8 Å². The average molecular weight is 488 g/mol. The van der Waals surface area contributed by atoms with Crippen LogP contribution in [0, 0.1) is 11.8 Å². The van der Waals surface area contributed by atoms with Gasteiger partial charge < -0.3 is 37.6 Å². The van der Waals surface area contributed by atoms with E-state index < -0.39 is 60.2 Å². The molecule has 0 saturated heterocycles. The van der Waals surface area contributed by atoms with Gasteiger partial charge in [-0.1, -0.05) is 34.1 Å². The molecule has 0 heterocycles. The summed E-state index contributed by atoms with van der Waals surface area (Å²) in [5.41, 5.74) is 11.3. The molecule has 196 valence electrons. The largest absolute Gasteiger partial charge is 0.481 e. The molecular weight excluding hydrogens is 446 g/mol. The van der Waals surface area contributed by atoms with Gasteiger partial charge in [-0.25, -0.2) is 4.79 Å². The highest BCUT2D eigenvalue weighted by molar-refractivity contribution is 5.95. The highest BCUT2D eigenvalue weighted by Crippen LogP contribution is 2.09. The monoisotopic (exact) mass is 487 g/mol. The molecule has 9 N–H and O–H groups in total. The number of carboxylic acid groups (broad SMARTS) is 2. The third-order valence-electron chi connectivity index (χ3n) is 5.47. The van der Waals surface area contributed by atoms with Crippen LogP contribution in [0.4, 0.5) is 0 Å². The number of carboxylic acids is 2. The summed E-state index contributed by atoms with van der Waals surface area (Å²) < 4.78 is 0. The minimum atomic E-state index is -1.46. The van der Waals surface area contributed by atoms with Gasteiger partial charge in [0.2, 0.25) is 17.7 Å². The van der Waals surface area contributed by atoms with Gasteiger partial charge in [-0.3, -0.25) is 19.2 Å². The van der Waals surface area contributed by atoms with Crippen molar-refractivity contribution in [1.29, 1.82) is 0 Å². The first-order valence-electron chi connectivity index (χ1n) is 11.6. The van der Waals surface area contributed by atoms with E-state index in [-0.39, 0.29) is 24.7 Å². The second-order valence-corrected chi connectivity index (χ2v) is 8.94. The molecule has 0 aliphatic carbocycles. The Hall–Kier alpha value is -2.73. The van der Waals surface area contributed by atoms with Crippen molar-refractivity contribution in [3.8, 4) is 0 Å². The normalized spacial score (nSPS) is 15.5. The van der Waals surface area contributed by atoms with Crippen molar-refractivity contribution in [3.05, 3.63) is 0 Å². The van der Waals surface area contributed by atoms with Gasteiger partial charge >= 0.3 is 11.9 Å². The lowest BCUT2D eigenvalue weighted by Gasteiger charge is -2.26. The topological polar surface area (TPSA) is 214 Å². The standard InChI is InChI=1S/C22H41N5O7/c1-5-13(4)18(24)21(32)27-16(11-17(28)29)20(31)26-15(10-12(2)3)19(30)25-14(22(33)34)8-6-7-9-23/h12-16,18H,5-11,23-24H2,1-4H3,(H,25,30)(H,26,31)(H,27,32)(H,28,29)(H,33,34). The van der Waals surface area contributed by atoms with Gasteiger partial charge in [0.15, 0.2) is 0 Å². The van der Waals surface area contributed by atoms with Crippen molar-refractivity contribution >= 4 is 29.7 Å². The Morgan fingerprint density at radius 2 is 1.35 bits per heavy atom. The van der Waals surface area contributed by atoms with E-state index in [9.17, 15) is 34.2 Å². The molecule has 0 aromatic rings. The molecule has 0 saturated carbocycles. The van der Waals surface area contributed by atoms with Crippen LogP contribution in [0.15, 0.2) is 0 Å². The van der Waals surface area contributed by atoms with Crippen molar-refractivity contribution in [3.63, 3.8) is 0 Å². The predicted molar refractivity (Wildman–Crippen MR) is 125 cm³/mol. The highest BCUT2D eigenvalue weighted by atomic mass is 16.4. The summed E-state index contributed by atoms with van der Waals surface area (Å²) in [6.07, 6.45) is 1.34. The predicted octanol–water partition coefficient (Wildman–Crippen LogP) is -0.451. The third-order valence-corrected chi connectivity index (χ3v) is 5.47. The number of aliphatic carboxylic acids is 2. The van der Waals surface area contributed by atoms with Crippen LogP contribution < -0.4 is 27.4 Å². The second-order valence-electron chi connectivity index (χ2n) is 8.94. The fourth-order valence-electron chi connectivity index (χ4n) is 3.16. The van der Waals surface area contributed by atoms with E-state index in [0.29, 0.717) is 25.8 Å². The van der Waals surface area contributed by atoms with Gasteiger partial charge in [-0.2, -0.15) is 0 Å². The zero-order chi connectivity index (χ0) is 26.4. The smallest absolute Gasteiger partial charge is 0.326 e. The number of hydrogen-bond acceptors (Lipinski definition) is 7. The molecule has 0 rings (SSSR count). The molecule has 12 nitrogen and oxygen atoms in total. The summed E-state index contributed by atoms with van der Waals surface area (Å²) in [5.74, 6) is -5.04. The van der Waals surface area contributed by atoms with Crippen LogP contribution in [0.2, 0.25) is 0 Å². The Kier molecular flexibility index (Phi) is 14.7. The molecule has 0 spiro atoms. The Labute approximate surface area is 200 Å². The summed E-state index contributed by atoms with van der Waals surface area (Å²) in [7, 11) is 0. The molecule has 0 aliphatic rings. The molecular formula is C22H41N5O7. The lowest BCUT2D eigenvalue weighted by molar-refractivity contribution is -0.143. The van der Waals surface area contributed by atoms with Gasteiger partial charge in [0, 0.05) is 0 Å². The van der Waals surface area contributed by atoms with E-state index in [1.54, 1.807) is 6.92 Å². The number of amides is 3. The number of carbonyl (C=O) groups excluding carboxylic acids is 3. The molecule has 34 heavy (non-hydrogen) atoms. The van der Waals surface area contributed by atoms with Crippen LogP contribution in [0.3, 0.4) is 0 Å². The summed E-state index contributed by atoms with van der Waals surface area (Å²) in [6, 6.07) is -4.68. The number of nitrogens with one attached hydrogen (secondary N) is 3. The van der Waals surface area contributed by atoms with Gasteiger partial charge in [0.25, 0.3) is 0 Å².